The zero-order valence-corrected chi connectivity index (χ0v) is 11.5. The van der Waals surface area contributed by atoms with Gasteiger partial charge in [-0.1, -0.05) is 0 Å². The van der Waals surface area contributed by atoms with Crippen LogP contribution < -0.4 is 10.6 Å². The molecule has 1 rings (SSSR count). The van der Waals surface area contributed by atoms with Crippen LogP contribution in [-0.2, 0) is 9.59 Å². The van der Waals surface area contributed by atoms with Gasteiger partial charge in [-0.25, -0.2) is 0 Å². The van der Waals surface area contributed by atoms with Crippen molar-refractivity contribution in [2.24, 2.45) is 0 Å². The maximum absolute atomic E-state index is 11.3. The third-order valence-corrected chi connectivity index (χ3v) is 3.48. The first-order valence-electron chi connectivity index (χ1n) is 5.64. The van der Waals surface area contributed by atoms with Crippen molar-refractivity contribution in [2.45, 2.75) is 37.1 Å². The lowest BCUT2D eigenvalue weighted by Crippen LogP contribution is -2.59. The molecule has 18 heavy (non-hydrogen) atoms. The number of carbonyl (C=O) groups excluding carboxylic acids is 2. The van der Waals surface area contributed by atoms with Gasteiger partial charge in [-0.3, -0.25) is 9.59 Å². The minimum absolute atomic E-state index is 0.0301. The molecule has 0 aromatic heterocycles. The summed E-state index contributed by atoms with van der Waals surface area (Å²) < 4.78 is 0. The summed E-state index contributed by atoms with van der Waals surface area (Å²) in [5.41, 5.74) is 0. The van der Waals surface area contributed by atoms with Crippen LogP contribution in [0.1, 0.15) is 12.8 Å². The Kier molecular flexibility index (Phi) is 6.27. The highest BCUT2D eigenvalue weighted by atomic mass is 32.1. The zero-order chi connectivity index (χ0) is 13.7. The first kappa shape index (κ1) is 15.6. The van der Waals surface area contributed by atoms with Crippen molar-refractivity contribution in [1.29, 1.82) is 0 Å². The molecule has 0 aromatic carbocycles. The van der Waals surface area contributed by atoms with Crippen LogP contribution >= 0.6 is 25.3 Å². The van der Waals surface area contributed by atoms with Crippen molar-refractivity contribution in [1.82, 2.24) is 10.6 Å². The van der Waals surface area contributed by atoms with Crippen molar-refractivity contribution in [3.05, 3.63) is 0 Å². The van der Waals surface area contributed by atoms with E-state index in [0.717, 1.165) is 0 Å². The topological polar surface area (TPSA) is 98.7 Å². The lowest BCUT2D eigenvalue weighted by molar-refractivity contribution is -0.124. The lowest BCUT2D eigenvalue weighted by atomic mass is 9.86. The van der Waals surface area contributed by atoms with Gasteiger partial charge in [0.1, 0.15) is 0 Å². The van der Waals surface area contributed by atoms with Gasteiger partial charge in [0.2, 0.25) is 11.8 Å². The molecule has 0 radical (unpaired) electrons. The molecular weight excluding hydrogens is 276 g/mol. The first-order valence-corrected chi connectivity index (χ1v) is 6.91. The van der Waals surface area contributed by atoms with E-state index in [1.165, 1.54) is 0 Å². The molecule has 8 heteroatoms. The summed E-state index contributed by atoms with van der Waals surface area (Å²) in [6.07, 6.45) is -1.42. The van der Waals surface area contributed by atoms with Crippen LogP contribution in [0.5, 0.6) is 0 Å². The molecule has 2 amide bonds. The highest BCUT2D eigenvalue weighted by molar-refractivity contribution is 7.81. The Morgan fingerprint density at radius 3 is 1.56 bits per heavy atom. The Morgan fingerprint density at radius 2 is 1.28 bits per heavy atom. The second kappa shape index (κ2) is 7.22. The van der Waals surface area contributed by atoms with E-state index in [0.29, 0.717) is 0 Å². The standard InChI is InChI=1S/C10H18N2O4S2/c13-7-1-5(11-9(15)3-17)6(2-8(7)14)12-10(16)4-18/h5-8,13-14,17-18H,1-4H2,(H,11,15)(H,12,16). The summed E-state index contributed by atoms with van der Waals surface area (Å²) in [5, 5.41) is 24.5. The molecule has 104 valence electrons. The van der Waals surface area contributed by atoms with E-state index in [-0.39, 0.29) is 36.2 Å². The van der Waals surface area contributed by atoms with Gasteiger partial charge in [0.05, 0.1) is 35.8 Å². The largest absolute Gasteiger partial charge is 0.390 e. The van der Waals surface area contributed by atoms with Gasteiger partial charge in [-0.2, -0.15) is 25.3 Å². The van der Waals surface area contributed by atoms with Crippen molar-refractivity contribution >= 4 is 37.1 Å². The van der Waals surface area contributed by atoms with Crippen molar-refractivity contribution in [2.75, 3.05) is 11.5 Å². The second-order valence-electron chi connectivity index (χ2n) is 4.27. The first-order chi connectivity index (χ1) is 8.47. The maximum Gasteiger partial charge on any atom is 0.230 e. The molecule has 0 saturated heterocycles. The number of aliphatic hydroxyl groups is 2. The number of rotatable bonds is 4. The van der Waals surface area contributed by atoms with E-state index in [4.69, 9.17) is 0 Å². The average molecular weight is 294 g/mol. The van der Waals surface area contributed by atoms with E-state index in [2.05, 4.69) is 35.9 Å². The predicted octanol–water partition coefficient (Wildman–Crippen LogP) is -1.67. The SMILES string of the molecule is O=C(CS)NC1CC(O)C(O)CC1NC(=O)CS. The number of amides is 2. The van der Waals surface area contributed by atoms with E-state index in [9.17, 15) is 19.8 Å². The number of aliphatic hydroxyl groups excluding tert-OH is 2. The highest BCUT2D eigenvalue weighted by Gasteiger charge is 2.36. The quantitative estimate of drug-likeness (QED) is 0.349. The molecule has 4 unspecified atom stereocenters. The summed E-state index contributed by atoms with van der Waals surface area (Å²) in [7, 11) is 0. The molecule has 1 fully saturated rings. The fraction of sp³-hybridized carbons (Fsp3) is 0.800. The van der Waals surface area contributed by atoms with Gasteiger partial charge in [0, 0.05) is 0 Å². The van der Waals surface area contributed by atoms with Crippen molar-refractivity contribution in [3.63, 3.8) is 0 Å². The maximum atomic E-state index is 11.3. The summed E-state index contributed by atoms with van der Waals surface area (Å²) in [6, 6.07) is -0.821. The Labute approximate surface area is 116 Å². The van der Waals surface area contributed by atoms with Crippen LogP contribution in [0.4, 0.5) is 0 Å². The number of hydrogen-bond donors (Lipinski definition) is 6. The smallest absolute Gasteiger partial charge is 0.230 e. The highest BCUT2D eigenvalue weighted by Crippen LogP contribution is 2.20. The van der Waals surface area contributed by atoms with Crippen LogP contribution in [-0.4, -0.2) is 57.8 Å². The molecule has 1 saturated carbocycles. The van der Waals surface area contributed by atoms with Gasteiger partial charge >= 0.3 is 0 Å². The van der Waals surface area contributed by atoms with Crippen LogP contribution in [0, 0.1) is 0 Å². The van der Waals surface area contributed by atoms with E-state index in [1.54, 1.807) is 0 Å². The molecule has 1 aliphatic rings. The number of hydrogen-bond acceptors (Lipinski definition) is 6. The van der Waals surface area contributed by atoms with E-state index in [1.807, 2.05) is 0 Å². The zero-order valence-electron chi connectivity index (χ0n) is 9.74. The molecule has 0 bridgehead atoms. The van der Waals surface area contributed by atoms with Gasteiger partial charge in [0.25, 0.3) is 0 Å². The average Bonchev–Trinajstić information content (AvgIpc) is 2.34. The number of carbonyl (C=O) groups is 2. The molecular formula is C10H18N2O4S2. The van der Waals surface area contributed by atoms with Gasteiger partial charge in [-0.15, -0.1) is 0 Å². The summed E-state index contributed by atoms with van der Waals surface area (Å²) in [4.78, 5) is 22.6. The third kappa shape index (κ3) is 4.34. The van der Waals surface area contributed by atoms with Crippen LogP contribution in [0.25, 0.3) is 0 Å². The van der Waals surface area contributed by atoms with Crippen LogP contribution in [0.3, 0.4) is 0 Å². The van der Waals surface area contributed by atoms with Crippen LogP contribution in [0.15, 0.2) is 0 Å². The fourth-order valence-corrected chi connectivity index (χ4v) is 2.17. The molecule has 4 atom stereocenters. The monoisotopic (exact) mass is 294 g/mol. The predicted molar refractivity (Wildman–Crippen MR) is 72.8 cm³/mol. The summed E-state index contributed by atoms with van der Waals surface area (Å²) in [6.45, 7) is 0. The second-order valence-corrected chi connectivity index (χ2v) is 4.90. The van der Waals surface area contributed by atoms with Crippen LogP contribution in [0.2, 0.25) is 0 Å². The fourth-order valence-electron chi connectivity index (χ4n) is 1.99. The Bertz CT molecular complexity index is 286. The molecule has 0 spiro atoms. The molecule has 4 N–H and O–H groups in total. The molecule has 0 aromatic rings. The Balaban J connectivity index is 2.67. The summed E-state index contributed by atoms with van der Waals surface area (Å²) >= 11 is 7.70. The molecule has 0 aliphatic heterocycles. The third-order valence-electron chi connectivity index (χ3n) is 2.90. The number of nitrogens with one attached hydrogen (secondary N) is 2. The van der Waals surface area contributed by atoms with Gasteiger partial charge in [-0.05, 0) is 12.8 Å². The molecule has 6 nitrogen and oxygen atoms in total. The van der Waals surface area contributed by atoms with Gasteiger partial charge < -0.3 is 20.8 Å². The van der Waals surface area contributed by atoms with E-state index < -0.39 is 24.3 Å². The minimum Gasteiger partial charge on any atom is -0.390 e. The lowest BCUT2D eigenvalue weighted by Gasteiger charge is -2.37. The minimum atomic E-state index is -0.903. The number of thiol groups is 2. The van der Waals surface area contributed by atoms with Crippen molar-refractivity contribution in [3.8, 4) is 0 Å². The van der Waals surface area contributed by atoms with Crippen molar-refractivity contribution < 1.29 is 19.8 Å². The van der Waals surface area contributed by atoms with E-state index >= 15 is 0 Å². The Morgan fingerprint density at radius 1 is 0.944 bits per heavy atom. The molecule has 0 heterocycles. The molecule has 1 aliphatic carbocycles. The normalized spacial score (nSPS) is 31.8. The Hall–Kier alpha value is -0.440. The summed E-state index contributed by atoms with van der Waals surface area (Å²) in [5.74, 6) is -0.501. The van der Waals surface area contributed by atoms with Gasteiger partial charge in [0.15, 0.2) is 0 Å².